The Balaban J connectivity index is 1.53. The van der Waals surface area contributed by atoms with Gasteiger partial charge in [-0.2, -0.15) is 0 Å². The van der Waals surface area contributed by atoms with Crippen LogP contribution in [0.25, 0.3) is 33.2 Å². The third kappa shape index (κ3) is 4.81. The van der Waals surface area contributed by atoms with E-state index in [1.54, 1.807) is 36.5 Å². The molecule has 0 saturated heterocycles. The molecule has 0 aliphatic rings. The summed E-state index contributed by atoms with van der Waals surface area (Å²) in [7, 11) is -1.11. The predicted molar refractivity (Wildman–Crippen MR) is 133 cm³/mol. The van der Waals surface area contributed by atoms with E-state index in [1.807, 2.05) is 0 Å². The van der Waals surface area contributed by atoms with Crippen molar-refractivity contribution in [3.63, 3.8) is 0 Å². The van der Waals surface area contributed by atoms with Crippen molar-refractivity contribution in [1.82, 2.24) is 10.1 Å². The summed E-state index contributed by atoms with van der Waals surface area (Å²) in [5, 5.41) is 4.90. The van der Waals surface area contributed by atoms with Crippen LogP contribution < -0.4 is 14.2 Å². The summed E-state index contributed by atoms with van der Waals surface area (Å²) in [5.74, 6) is -0.890. The van der Waals surface area contributed by atoms with Gasteiger partial charge >= 0.3 is 5.95 Å². The molecule has 0 aliphatic heterocycles. The molecule has 0 unspecified atom stereocenters. The van der Waals surface area contributed by atoms with E-state index >= 15 is 0 Å². The second-order valence-corrected chi connectivity index (χ2v) is 9.64. The average Bonchev–Trinajstić information content (AvgIpc) is 3.34. The maximum Gasteiger partial charge on any atom is 0.313 e. The van der Waals surface area contributed by atoms with E-state index in [9.17, 15) is 17.2 Å². The summed E-state index contributed by atoms with van der Waals surface area (Å²) in [4.78, 5) is 4.50. The van der Waals surface area contributed by atoms with Crippen molar-refractivity contribution in [2.45, 2.75) is 4.90 Å². The molecular weight excluding hydrogens is 504 g/mol. The third-order valence-corrected chi connectivity index (χ3v) is 6.98. The van der Waals surface area contributed by atoms with Gasteiger partial charge in [0.1, 0.15) is 17.4 Å². The first-order valence-corrected chi connectivity index (χ1v) is 12.3. The molecule has 0 saturated carbocycles. The van der Waals surface area contributed by atoms with E-state index in [0.29, 0.717) is 38.9 Å². The van der Waals surface area contributed by atoms with Crippen molar-refractivity contribution >= 4 is 26.6 Å². The fourth-order valence-corrected chi connectivity index (χ4v) is 4.94. The third-order valence-electron chi connectivity index (χ3n) is 5.63. The van der Waals surface area contributed by atoms with Gasteiger partial charge in [-0.25, -0.2) is 17.2 Å². The number of fused-ring (bicyclic) bond motifs is 1. The van der Waals surface area contributed by atoms with Crippen molar-refractivity contribution in [2.75, 3.05) is 18.9 Å². The van der Waals surface area contributed by atoms with E-state index in [2.05, 4.69) is 14.9 Å². The fraction of sp³-hybridized carbons (Fsp3) is 0.0769. The molecule has 0 bridgehead atoms. The second-order valence-electron chi connectivity index (χ2n) is 7.96. The highest BCUT2D eigenvalue weighted by molar-refractivity contribution is 7.92. The first-order valence-electron chi connectivity index (χ1n) is 10.8. The number of halogens is 2. The van der Waals surface area contributed by atoms with Crippen LogP contribution in [0.4, 0.5) is 14.6 Å². The number of hydrogen-bond acceptors (Lipinski definition) is 7. The first kappa shape index (κ1) is 24.2. The number of nitrogens with zero attached hydrogens (tertiary/aromatic N) is 2. The highest BCUT2D eigenvalue weighted by atomic mass is 32.2. The van der Waals surface area contributed by atoms with Gasteiger partial charge in [0, 0.05) is 23.2 Å². The summed E-state index contributed by atoms with van der Waals surface area (Å²) in [6.07, 6.45) is 1.55. The molecule has 0 fully saturated rings. The molecule has 2 heterocycles. The van der Waals surface area contributed by atoms with E-state index in [-0.39, 0.29) is 16.7 Å². The molecule has 0 radical (unpaired) electrons. The highest BCUT2D eigenvalue weighted by Gasteiger charge is 2.19. The summed E-state index contributed by atoms with van der Waals surface area (Å²) in [5.41, 5.74) is 2.09. The van der Waals surface area contributed by atoms with Gasteiger partial charge in [-0.15, -0.1) is 0 Å². The van der Waals surface area contributed by atoms with E-state index in [4.69, 9.17) is 14.0 Å². The Morgan fingerprint density at radius 3 is 2.35 bits per heavy atom. The van der Waals surface area contributed by atoms with Gasteiger partial charge in [0.05, 0.1) is 30.9 Å². The highest BCUT2D eigenvalue weighted by Crippen LogP contribution is 2.37. The van der Waals surface area contributed by atoms with Crippen LogP contribution in [0.15, 0.2) is 82.3 Å². The van der Waals surface area contributed by atoms with Gasteiger partial charge in [0.15, 0.2) is 5.82 Å². The number of methoxy groups -OCH3 is 2. The zero-order chi connectivity index (χ0) is 26.2. The van der Waals surface area contributed by atoms with Gasteiger partial charge in [0.25, 0.3) is 10.0 Å². The van der Waals surface area contributed by atoms with Crippen LogP contribution in [0, 0.1) is 11.6 Å². The Kier molecular flexibility index (Phi) is 6.22. The lowest BCUT2D eigenvalue weighted by molar-refractivity contribution is 0.261. The predicted octanol–water partition coefficient (Wildman–Crippen LogP) is 5.65. The molecule has 5 rings (SSSR count). The topological polar surface area (TPSA) is 104 Å². The van der Waals surface area contributed by atoms with Crippen LogP contribution in [0.3, 0.4) is 0 Å². The number of sulfonamides is 1. The molecule has 0 amide bonds. The number of rotatable bonds is 7. The molecule has 188 valence electrons. The van der Waals surface area contributed by atoms with Gasteiger partial charge < -0.3 is 14.0 Å². The van der Waals surface area contributed by atoms with Crippen molar-refractivity contribution in [3.05, 3.63) is 84.6 Å². The standard InChI is InChI=1S/C26H19F2N3O5S/c1-34-23-12-15(17-9-18(27)13-19(28)10-17)3-5-22(23)26-21-6-4-20(11-16(21)7-8-29-26)37(32,33)31-24-14-25(35-2)36-30-24/h3-14H,1-2H3,(H,30,31). The van der Waals surface area contributed by atoms with Gasteiger partial charge in [-0.3, -0.25) is 9.71 Å². The smallest absolute Gasteiger partial charge is 0.313 e. The SMILES string of the molecule is COc1cc(NS(=O)(=O)c2ccc3c(-c4ccc(-c5cc(F)cc(F)c5)cc4OC)nccc3c2)no1. The summed E-state index contributed by atoms with van der Waals surface area (Å²) in [6.45, 7) is 0. The van der Waals surface area contributed by atoms with Crippen molar-refractivity contribution < 1.29 is 31.2 Å². The maximum absolute atomic E-state index is 13.7. The maximum atomic E-state index is 13.7. The Morgan fingerprint density at radius 1 is 0.865 bits per heavy atom. The average molecular weight is 524 g/mol. The lowest BCUT2D eigenvalue weighted by atomic mass is 9.99. The molecule has 0 spiro atoms. The normalized spacial score (nSPS) is 11.5. The largest absolute Gasteiger partial charge is 0.496 e. The Hall–Kier alpha value is -4.51. The first-order chi connectivity index (χ1) is 17.8. The molecule has 37 heavy (non-hydrogen) atoms. The molecule has 1 N–H and O–H groups in total. The van der Waals surface area contributed by atoms with Crippen molar-refractivity contribution in [1.29, 1.82) is 0 Å². The minimum absolute atomic E-state index is 0.00885. The number of ether oxygens (including phenoxy) is 2. The summed E-state index contributed by atoms with van der Waals surface area (Å²) in [6, 6.07) is 16.0. The van der Waals surface area contributed by atoms with Crippen LogP contribution in [0.5, 0.6) is 11.7 Å². The second kappa shape index (κ2) is 9.51. The number of nitrogens with one attached hydrogen (secondary N) is 1. The number of benzene rings is 3. The zero-order valence-corrected chi connectivity index (χ0v) is 20.3. The molecular formula is C26H19F2N3O5S. The Morgan fingerprint density at radius 2 is 1.65 bits per heavy atom. The zero-order valence-electron chi connectivity index (χ0n) is 19.5. The molecule has 0 atom stereocenters. The quantitative estimate of drug-likeness (QED) is 0.294. The van der Waals surface area contributed by atoms with Gasteiger partial charge in [-0.1, -0.05) is 17.3 Å². The fourth-order valence-electron chi connectivity index (χ4n) is 3.92. The van der Waals surface area contributed by atoms with Crippen molar-refractivity contribution in [2.24, 2.45) is 0 Å². The summed E-state index contributed by atoms with van der Waals surface area (Å²) >= 11 is 0. The van der Waals surface area contributed by atoms with E-state index in [1.165, 1.54) is 44.6 Å². The van der Waals surface area contributed by atoms with Crippen LogP contribution in [-0.4, -0.2) is 32.8 Å². The molecule has 2 aromatic heterocycles. The Labute approximate surface area is 210 Å². The van der Waals surface area contributed by atoms with E-state index < -0.39 is 21.7 Å². The molecule has 8 nitrogen and oxygen atoms in total. The Bertz CT molecular complexity index is 1720. The minimum Gasteiger partial charge on any atom is -0.496 e. The van der Waals surface area contributed by atoms with Crippen molar-refractivity contribution in [3.8, 4) is 34.1 Å². The molecule has 11 heteroatoms. The van der Waals surface area contributed by atoms with E-state index in [0.717, 1.165) is 6.07 Å². The number of anilines is 1. The number of pyridine rings is 1. The number of hydrogen-bond donors (Lipinski definition) is 1. The lowest BCUT2D eigenvalue weighted by Crippen LogP contribution is -2.13. The van der Waals surface area contributed by atoms with Crippen LogP contribution >= 0.6 is 0 Å². The summed E-state index contributed by atoms with van der Waals surface area (Å²) < 4.78 is 70.9. The molecule has 5 aromatic rings. The number of aromatic nitrogens is 2. The lowest BCUT2D eigenvalue weighted by Gasteiger charge is -2.13. The van der Waals surface area contributed by atoms with Crippen LogP contribution in [0.2, 0.25) is 0 Å². The van der Waals surface area contributed by atoms with Gasteiger partial charge in [0.2, 0.25) is 0 Å². The molecule has 0 aliphatic carbocycles. The van der Waals surface area contributed by atoms with Crippen LogP contribution in [-0.2, 0) is 10.0 Å². The monoisotopic (exact) mass is 523 g/mol. The van der Waals surface area contributed by atoms with Gasteiger partial charge in [-0.05, 0) is 59.0 Å². The van der Waals surface area contributed by atoms with Crippen LogP contribution in [0.1, 0.15) is 0 Å². The minimum atomic E-state index is -3.97. The molecule has 3 aromatic carbocycles.